The van der Waals surface area contributed by atoms with Crippen molar-refractivity contribution in [2.45, 2.75) is 32.7 Å². The third-order valence-electron chi connectivity index (χ3n) is 2.86. The Kier molecular flexibility index (Phi) is 4.40. The normalized spacial score (nSPS) is 12.8. The molecule has 1 atom stereocenters. The Bertz CT molecular complexity index is 433. The van der Waals surface area contributed by atoms with Crippen molar-refractivity contribution in [2.75, 3.05) is 6.54 Å². The fourth-order valence-electron chi connectivity index (χ4n) is 1.78. The van der Waals surface area contributed by atoms with Gasteiger partial charge in [0.25, 0.3) is 0 Å². The van der Waals surface area contributed by atoms with Crippen LogP contribution in [0.25, 0.3) is 0 Å². The first-order chi connectivity index (χ1) is 8.29. The summed E-state index contributed by atoms with van der Waals surface area (Å²) in [6.07, 6.45) is 3.80. The Morgan fingerprint density at radius 1 is 1.35 bits per heavy atom. The van der Waals surface area contributed by atoms with Crippen LogP contribution in [0, 0.1) is 0 Å². The lowest BCUT2D eigenvalue weighted by molar-refractivity contribution is 0.487. The van der Waals surface area contributed by atoms with Gasteiger partial charge in [0.2, 0.25) is 0 Å². The second-order valence-corrected chi connectivity index (χ2v) is 5.36. The molecule has 2 nitrogen and oxygen atoms in total. The van der Waals surface area contributed by atoms with E-state index in [0.717, 1.165) is 25.1 Å². The van der Waals surface area contributed by atoms with E-state index in [1.807, 2.05) is 23.5 Å². The summed E-state index contributed by atoms with van der Waals surface area (Å²) in [6, 6.07) is 8.84. The van der Waals surface area contributed by atoms with E-state index in [1.54, 1.807) is 6.26 Å². The molecule has 0 aliphatic carbocycles. The van der Waals surface area contributed by atoms with Crippen LogP contribution < -0.4 is 5.32 Å². The minimum atomic E-state index is 0.426. The van der Waals surface area contributed by atoms with E-state index < -0.39 is 0 Å². The largest absolute Gasteiger partial charge is 0.469 e. The summed E-state index contributed by atoms with van der Waals surface area (Å²) in [5.74, 6) is 1.05. The van der Waals surface area contributed by atoms with E-state index >= 15 is 0 Å². The van der Waals surface area contributed by atoms with Gasteiger partial charge in [0.05, 0.1) is 6.26 Å². The fourth-order valence-corrected chi connectivity index (χ4v) is 2.76. The highest BCUT2D eigenvalue weighted by molar-refractivity contribution is 7.12. The molecule has 0 aliphatic heterocycles. The third-order valence-corrected chi connectivity index (χ3v) is 4.27. The van der Waals surface area contributed by atoms with Gasteiger partial charge in [-0.25, -0.2) is 0 Å². The molecule has 3 heteroatoms. The highest BCUT2D eigenvalue weighted by Crippen LogP contribution is 2.23. The zero-order valence-electron chi connectivity index (χ0n) is 10.4. The summed E-state index contributed by atoms with van der Waals surface area (Å²) in [6.45, 7) is 5.37. The molecule has 1 N–H and O–H groups in total. The molecule has 0 aromatic carbocycles. The van der Waals surface area contributed by atoms with E-state index in [0.29, 0.717) is 6.04 Å². The Hall–Kier alpha value is -1.06. The van der Waals surface area contributed by atoms with Gasteiger partial charge < -0.3 is 9.73 Å². The van der Waals surface area contributed by atoms with Crippen LogP contribution in [0.15, 0.2) is 34.9 Å². The van der Waals surface area contributed by atoms with Crippen molar-refractivity contribution >= 4 is 11.3 Å². The van der Waals surface area contributed by atoms with Crippen molar-refractivity contribution < 1.29 is 4.42 Å². The van der Waals surface area contributed by atoms with Crippen molar-refractivity contribution in [3.63, 3.8) is 0 Å². The predicted octanol–water partition coefficient (Wildman–Crippen LogP) is 3.80. The number of nitrogens with one attached hydrogen (secondary N) is 1. The molecule has 2 rings (SSSR count). The van der Waals surface area contributed by atoms with Gasteiger partial charge in [0.1, 0.15) is 5.76 Å². The first kappa shape index (κ1) is 12.4. The van der Waals surface area contributed by atoms with E-state index in [4.69, 9.17) is 4.42 Å². The monoisotopic (exact) mass is 249 g/mol. The smallest absolute Gasteiger partial charge is 0.105 e. The second kappa shape index (κ2) is 6.03. The summed E-state index contributed by atoms with van der Waals surface area (Å²) >= 11 is 1.90. The van der Waals surface area contributed by atoms with Crippen LogP contribution in [0.5, 0.6) is 0 Å². The van der Waals surface area contributed by atoms with Crippen LogP contribution in [0.3, 0.4) is 0 Å². The van der Waals surface area contributed by atoms with Crippen molar-refractivity contribution in [3.8, 4) is 0 Å². The number of hydrogen-bond donors (Lipinski definition) is 1. The molecule has 2 aromatic rings. The molecule has 0 spiro atoms. The summed E-state index contributed by atoms with van der Waals surface area (Å²) < 4.78 is 5.31. The highest BCUT2D eigenvalue weighted by Gasteiger charge is 2.07. The molecule has 2 aromatic heterocycles. The van der Waals surface area contributed by atoms with Crippen LogP contribution in [0.4, 0.5) is 0 Å². The SMILES string of the molecule is CCc1ccc(C(C)NCCc2ccco2)s1. The van der Waals surface area contributed by atoms with Crippen LogP contribution in [0.2, 0.25) is 0 Å². The lowest BCUT2D eigenvalue weighted by atomic mass is 10.2. The number of hydrogen-bond acceptors (Lipinski definition) is 3. The summed E-state index contributed by atoms with van der Waals surface area (Å²) in [7, 11) is 0. The molecular formula is C14H19NOS. The van der Waals surface area contributed by atoms with Crippen molar-refractivity contribution in [3.05, 3.63) is 46.0 Å². The number of aryl methyl sites for hydroxylation is 1. The van der Waals surface area contributed by atoms with Gasteiger partial charge in [-0.1, -0.05) is 6.92 Å². The second-order valence-electron chi connectivity index (χ2n) is 4.16. The number of rotatable bonds is 6. The molecule has 0 fully saturated rings. The first-order valence-electron chi connectivity index (χ1n) is 6.14. The molecule has 0 saturated carbocycles. The highest BCUT2D eigenvalue weighted by atomic mass is 32.1. The fraction of sp³-hybridized carbons (Fsp3) is 0.429. The lowest BCUT2D eigenvalue weighted by Crippen LogP contribution is -2.20. The Morgan fingerprint density at radius 3 is 2.88 bits per heavy atom. The minimum absolute atomic E-state index is 0.426. The molecule has 0 saturated heterocycles. The topological polar surface area (TPSA) is 25.2 Å². The molecule has 0 bridgehead atoms. The third kappa shape index (κ3) is 3.45. The maximum atomic E-state index is 5.31. The molecule has 0 radical (unpaired) electrons. The Morgan fingerprint density at radius 2 is 2.24 bits per heavy atom. The van der Waals surface area contributed by atoms with E-state index in [-0.39, 0.29) is 0 Å². The molecule has 1 unspecified atom stereocenters. The van der Waals surface area contributed by atoms with Gasteiger partial charge in [-0.05, 0) is 37.6 Å². The zero-order chi connectivity index (χ0) is 12.1. The molecule has 0 aliphatic rings. The molecule has 2 heterocycles. The Labute approximate surface area is 107 Å². The predicted molar refractivity (Wildman–Crippen MR) is 72.5 cm³/mol. The van der Waals surface area contributed by atoms with Crippen LogP contribution in [-0.2, 0) is 12.8 Å². The van der Waals surface area contributed by atoms with Crippen molar-refractivity contribution in [1.29, 1.82) is 0 Å². The summed E-state index contributed by atoms with van der Waals surface area (Å²) in [5, 5.41) is 3.53. The van der Waals surface area contributed by atoms with Crippen molar-refractivity contribution in [2.24, 2.45) is 0 Å². The van der Waals surface area contributed by atoms with Gasteiger partial charge in [-0.3, -0.25) is 0 Å². The first-order valence-corrected chi connectivity index (χ1v) is 6.95. The standard InChI is InChI=1S/C14H19NOS/c1-3-13-6-7-14(17-13)11(2)15-9-8-12-5-4-10-16-12/h4-7,10-11,15H,3,8-9H2,1-2H3. The molecule has 92 valence electrons. The van der Waals surface area contributed by atoms with Crippen LogP contribution in [-0.4, -0.2) is 6.54 Å². The van der Waals surface area contributed by atoms with E-state index in [9.17, 15) is 0 Å². The zero-order valence-corrected chi connectivity index (χ0v) is 11.2. The lowest BCUT2D eigenvalue weighted by Gasteiger charge is -2.11. The maximum absolute atomic E-state index is 5.31. The maximum Gasteiger partial charge on any atom is 0.105 e. The van der Waals surface area contributed by atoms with E-state index in [2.05, 4.69) is 31.3 Å². The van der Waals surface area contributed by atoms with Gasteiger partial charge in [-0.15, -0.1) is 11.3 Å². The quantitative estimate of drug-likeness (QED) is 0.842. The van der Waals surface area contributed by atoms with Crippen LogP contribution in [0.1, 0.15) is 35.4 Å². The van der Waals surface area contributed by atoms with Gasteiger partial charge >= 0.3 is 0 Å². The number of thiophene rings is 1. The average Bonchev–Trinajstić information content (AvgIpc) is 2.99. The van der Waals surface area contributed by atoms with Gasteiger partial charge in [-0.2, -0.15) is 0 Å². The number of furan rings is 1. The summed E-state index contributed by atoms with van der Waals surface area (Å²) in [4.78, 5) is 2.88. The molecule has 17 heavy (non-hydrogen) atoms. The van der Waals surface area contributed by atoms with Crippen LogP contribution >= 0.6 is 11.3 Å². The average molecular weight is 249 g/mol. The summed E-state index contributed by atoms with van der Waals surface area (Å²) in [5.41, 5.74) is 0. The molecule has 0 amide bonds. The van der Waals surface area contributed by atoms with Crippen molar-refractivity contribution in [1.82, 2.24) is 5.32 Å². The van der Waals surface area contributed by atoms with E-state index in [1.165, 1.54) is 9.75 Å². The molecular weight excluding hydrogens is 230 g/mol. The minimum Gasteiger partial charge on any atom is -0.469 e. The Balaban J connectivity index is 1.78. The van der Waals surface area contributed by atoms with Gasteiger partial charge in [0.15, 0.2) is 0 Å². The van der Waals surface area contributed by atoms with Gasteiger partial charge in [0, 0.05) is 28.8 Å².